The second-order valence-electron chi connectivity index (χ2n) is 6.27. The van der Waals surface area contributed by atoms with Crippen LogP contribution in [0.25, 0.3) is 0 Å². The smallest absolute Gasteiger partial charge is 0.318 e. The largest absolute Gasteiger partial charge is 0.465 e. The van der Waals surface area contributed by atoms with E-state index in [0.717, 1.165) is 32.4 Å². The Bertz CT molecular complexity index is 366. The van der Waals surface area contributed by atoms with Crippen LogP contribution < -0.4 is 0 Å². The topological polar surface area (TPSA) is 59.1 Å². The van der Waals surface area contributed by atoms with Crippen LogP contribution in [0.4, 0.5) is 0 Å². The van der Waals surface area contributed by atoms with Crippen LogP contribution in [0.2, 0.25) is 0 Å². The van der Waals surface area contributed by atoms with E-state index < -0.39 is 11.9 Å². The molecule has 0 aromatic rings. The number of amides is 1. The van der Waals surface area contributed by atoms with Crippen LogP contribution in [0.5, 0.6) is 0 Å². The van der Waals surface area contributed by atoms with Crippen molar-refractivity contribution in [1.29, 1.82) is 0 Å². The average Bonchev–Trinajstić information content (AvgIpc) is 2.53. The average molecular weight is 328 g/mol. The summed E-state index contributed by atoms with van der Waals surface area (Å²) in [5, 5.41) is 0. The Hall–Kier alpha value is -1.14. The number of carbonyl (C=O) groups excluding carboxylic acids is 2. The van der Waals surface area contributed by atoms with Crippen molar-refractivity contribution in [1.82, 2.24) is 9.80 Å². The standard InChI is InChI=1S/C17H32N2O4/c1-5-15(17(21)22-6-2)16(20)19-11-8-14(9-12-19)23-13-7-10-18(3)4/h14-15H,5-13H2,1-4H3/t15-/m0/s1. The monoisotopic (exact) mass is 328 g/mol. The minimum atomic E-state index is -0.660. The van der Waals surface area contributed by atoms with Crippen molar-refractivity contribution in [3.05, 3.63) is 0 Å². The number of esters is 1. The summed E-state index contributed by atoms with van der Waals surface area (Å²) in [5.41, 5.74) is 0. The van der Waals surface area contributed by atoms with Crippen molar-refractivity contribution in [2.75, 3.05) is 46.9 Å². The minimum Gasteiger partial charge on any atom is -0.465 e. The molecule has 0 unspecified atom stereocenters. The highest BCUT2D eigenvalue weighted by atomic mass is 16.5. The highest BCUT2D eigenvalue weighted by molar-refractivity contribution is 5.97. The van der Waals surface area contributed by atoms with Crippen molar-refractivity contribution >= 4 is 11.9 Å². The van der Waals surface area contributed by atoms with Gasteiger partial charge >= 0.3 is 5.97 Å². The molecule has 1 aliphatic heterocycles. The van der Waals surface area contributed by atoms with Crippen molar-refractivity contribution in [2.45, 2.75) is 45.6 Å². The van der Waals surface area contributed by atoms with Gasteiger partial charge in [0, 0.05) is 19.7 Å². The summed E-state index contributed by atoms with van der Waals surface area (Å²) in [7, 11) is 4.11. The van der Waals surface area contributed by atoms with Gasteiger partial charge in [0.05, 0.1) is 12.7 Å². The summed E-state index contributed by atoms with van der Waals surface area (Å²) in [4.78, 5) is 28.2. The zero-order valence-electron chi connectivity index (χ0n) is 15.0. The van der Waals surface area contributed by atoms with Gasteiger partial charge in [0.25, 0.3) is 0 Å². The molecule has 1 saturated heterocycles. The molecule has 0 aliphatic carbocycles. The lowest BCUT2D eigenvalue weighted by molar-refractivity contribution is -0.156. The van der Waals surface area contributed by atoms with Gasteiger partial charge in [0.15, 0.2) is 0 Å². The predicted octanol–water partition coefficient (Wildman–Crippen LogP) is 1.54. The molecule has 1 amide bonds. The number of carbonyl (C=O) groups is 2. The van der Waals surface area contributed by atoms with Gasteiger partial charge in [-0.3, -0.25) is 9.59 Å². The van der Waals surface area contributed by atoms with E-state index in [-0.39, 0.29) is 12.0 Å². The van der Waals surface area contributed by atoms with Crippen LogP contribution in [-0.2, 0) is 19.1 Å². The fourth-order valence-electron chi connectivity index (χ4n) is 2.78. The Morgan fingerprint density at radius 3 is 2.39 bits per heavy atom. The lowest BCUT2D eigenvalue weighted by Gasteiger charge is -2.33. The SMILES string of the molecule is CCOC(=O)[C@@H](CC)C(=O)N1CCC(OCCCN(C)C)CC1. The van der Waals surface area contributed by atoms with Crippen LogP contribution in [0, 0.1) is 5.92 Å². The Kier molecular flexibility index (Phi) is 9.17. The number of hydrogen-bond acceptors (Lipinski definition) is 5. The highest BCUT2D eigenvalue weighted by Crippen LogP contribution is 2.18. The number of nitrogens with zero attached hydrogens (tertiary/aromatic N) is 2. The molecule has 1 heterocycles. The number of ether oxygens (including phenoxy) is 2. The summed E-state index contributed by atoms with van der Waals surface area (Å²) in [6.07, 6.45) is 3.41. The number of piperidine rings is 1. The van der Waals surface area contributed by atoms with E-state index >= 15 is 0 Å². The van der Waals surface area contributed by atoms with E-state index in [2.05, 4.69) is 19.0 Å². The molecule has 0 N–H and O–H groups in total. The summed E-state index contributed by atoms with van der Waals surface area (Å²) in [6.45, 7) is 7.02. The Balaban J connectivity index is 2.34. The minimum absolute atomic E-state index is 0.1000. The van der Waals surface area contributed by atoms with E-state index in [9.17, 15) is 9.59 Å². The molecule has 1 aliphatic rings. The third-order valence-electron chi connectivity index (χ3n) is 4.13. The molecule has 0 aromatic heterocycles. The summed E-state index contributed by atoms with van der Waals surface area (Å²) >= 11 is 0. The van der Waals surface area contributed by atoms with Gasteiger partial charge in [-0.2, -0.15) is 0 Å². The third kappa shape index (κ3) is 6.87. The molecule has 23 heavy (non-hydrogen) atoms. The first kappa shape index (κ1) is 19.9. The number of likely N-dealkylation sites (tertiary alicyclic amines) is 1. The van der Waals surface area contributed by atoms with Gasteiger partial charge in [-0.1, -0.05) is 6.92 Å². The predicted molar refractivity (Wildman–Crippen MR) is 89.1 cm³/mol. The Morgan fingerprint density at radius 1 is 1.22 bits per heavy atom. The Morgan fingerprint density at radius 2 is 1.87 bits per heavy atom. The molecule has 0 aromatic carbocycles. The molecule has 6 heteroatoms. The molecule has 0 saturated carbocycles. The number of rotatable bonds is 9. The van der Waals surface area contributed by atoms with Crippen molar-refractivity contribution in [3.63, 3.8) is 0 Å². The fourth-order valence-corrected chi connectivity index (χ4v) is 2.78. The molecule has 0 radical (unpaired) electrons. The maximum absolute atomic E-state index is 12.5. The van der Waals surface area contributed by atoms with Gasteiger partial charge in [-0.15, -0.1) is 0 Å². The van der Waals surface area contributed by atoms with E-state index in [1.807, 2.05) is 6.92 Å². The Labute approximate surface area is 140 Å². The van der Waals surface area contributed by atoms with Gasteiger partial charge in [-0.25, -0.2) is 0 Å². The third-order valence-corrected chi connectivity index (χ3v) is 4.13. The zero-order chi connectivity index (χ0) is 17.2. The molecule has 134 valence electrons. The zero-order valence-corrected chi connectivity index (χ0v) is 15.0. The van der Waals surface area contributed by atoms with Gasteiger partial charge < -0.3 is 19.3 Å². The lowest BCUT2D eigenvalue weighted by Crippen LogP contribution is -2.45. The van der Waals surface area contributed by atoms with Crippen LogP contribution in [-0.4, -0.2) is 74.7 Å². The number of hydrogen-bond donors (Lipinski definition) is 0. The van der Waals surface area contributed by atoms with Gasteiger partial charge in [-0.05, 0) is 53.2 Å². The summed E-state index contributed by atoms with van der Waals surface area (Å²) in [5.74, 6) is -1.16. The van der Waals surface area contributed by atoms with Crippen molar-refractivity contribution < 1.29 is 19.1 Å². The molecule has 1 rings (SSSR count). The fraction of sp³-hybridized carbons (Fsp3) is 0.882. The van der Waals surface area contributed by atoms with E-state index in [4.69, 9.17) is 9.47 Å². The summed E-state index contributed by atoms with van der Waals surface area (Å²) in [6, 6.07) is 0. The normalized spacial score (nSPS) is 17.3. The molecular formula is C17H32N2O4. The first-order valence-corrected chi connectivity index (χ1v) is 8.71. The van der Waals surface area contributed by atoms with Crippen LogP contribution >= 0.6 is 0 Å². The molecule has 6 nitrogen and oxygen atoms in total. The first-order valence-electron chi connectivity index (χ1n) is 8.71. The molecule has 1 atom stereocenters. The van der Waals surface area contributed by atoms with Crippen LogP contribution in [0.3, 0.4) is 0 Å². The maximum atomic E-state index is 12.5. The molecular weight excluding hydrogens is 296 g/mol. The van der Waals surface area contributed by atoms with Gasteiger partial charge in [0.2, 0.25) is 5.91 Å². The molecule has 1 fully saturated rings. The lowest BCUT2D eigenvalue weighted by atomic mass is 10.0. The second kappa shape index (κ2) is 10.6. The van der Waals surface area contributed by atoms with E-state index in [0.29, 0.717) is 26.1 Å². The van der Waals surface area contributed by atoms with Crippen molar-refractivity contribution in [2.24, 2.45) is 5.92 Å². The first-order chi connectivity index (χ1) is 11.0. The maximum Gasteiger partial charge on any atom is 0.318 e. The van der Waals surface area contributed by atoms with Crippen LogP contribution in [0.1, 0.15) is 39.5 Å². The van der Waals surface area contributed by atoms with E-state index in [1.165, 1.54) is 0 Å². The van der Waals surface area contributed by atoms with Crippen LogP contribution in [0.15, 0.2) is 0 Å². The highest BCUT2D eigenvalue weighted by Gasteiger charge is 2.32. The second-order valence-corrected chi connectivity index (χ2v) is 6.27. The van der Waals surface area contributed by atoms with Crippen molar-refractivity contribution in [3.8, 4) is 0 Å². The quantitative estimate of drug-likeness (QED) is 0.365. The molecule has 0 bridgehead atoms. The van der Waals surface area contributed by atoms with Gasteiger partial charge in [0.1, 0.15) is 5.92 Å². The summed E-state index contributed by atoms with van der Waals surface area (Å²) < 4.78 is 10.9. The molecule has 0 spiro atoms. The van der Waals surface area contributed by atoms with E-state index in [1.54, 1.807) is 11.8 Å².